The van der Waals surface area contributed by atoms with Crippen molar-refractivity contribution in [2.75, 3.05) is 44.8 Å². The minimum absolute atomic E-state index is 0.0121. The third kappa shape index (κ3) is 9.50. The van der Waals surface area contributed by atoms with Crippen molar-refractivity contribution in [3.8, 4) is 17.6 Å². The number of morpholine rings is 1. The molecule has 4 amide bonds. The molecule has 6 aromatic rings. The summed E-state index contributed by atoms with van der Waals surface area (Å²) in [5.74, 6) is -2.68. The van der Waals surface area contributed by atoms with Gasteiger partial charge in [-0.3, -0.25) is 28.9 Å². The summed E-state index contributed by atoms with van der Waals surface area (Å²) < 4.78 is 28.1. The molecule has 2 fully saturated rings. The lowest BCUT2D eigenvalue weighted by atomic mass is 9.65. The molecular formula is C57H53N5O13S. The fourth-order valence-electron chi connectivity index (χ4n) is 10.7. The van der Waals surface area contributed by atoms with Crippen LogP contribution in [0.5, 0.6) is 5.75 Å². The molecule has 0 radical (unpaired) electrons. The zero-order valence-electron chi connectivity index (χ0n) is 42.0. The van der Waals surface area contributed by atoms with Crippen LogP contribution in [0.25, 0.3) is 10.2 Å². The molecule has 18 nitrogen and oxygen atoms in total. The Morgan fingerprint density at radius 2 is 1.45 bits per heavy atom. The molecule has 1 aromatic heterocycles. The van der Waals surface area contributed by atoms with Gasteiger partial charge in [0.1, 0.15) is 36.0 Å². The van der Waals surface area contributed by atoms with Crippen molar-refractivity contribution in [1.82, 2.24) is 15.2 Å². The molecule has 2 saturated heterocycles. The second-order valence-electron chi connectivity index (χ2n) is 18.6. The van der Waals surface area contributed by atoms with Gasteiger partial charge in [0, 0.05) is 12.0 Å². The number of thiazole rings is 1. The van der Waals surface area contributed by atoms with E-state index in [9.17, 15) is 19.5 Å². The van der Waals surface area contributed by atoms with Gasteiger partial charge in [-0.1, -0.05) is 122 Å². The highest BCUT2D eigenvalue weighted by Crippen LogP contribution is 2.66. The van der Waals surface area contributed by atoms with E-state index in [-0.39, 0.29) is 47.3 Å². The second kappa shape index (κ2) is 22.2. The Balaban J connectivity index is 1.36. The van der Waals surface area contributed by atoms with E-state index in [0.717, 1.165) is 23.8 Å². The van der Waals surface area contributed by atoms with Crippen LogP contribution in [0.4, 0.5) is 15.6 Å². The normalized spacial score (nSPS) is 21.0. The number of carbonyl (C=O) groups is 7. The number of aliphatic hydroxyl groups excluding tert-OH is 1. The third-order valence-corrected chi connectivity index (χ3v) is 14.9. The Labute approximate surface area is 441 Å². The molecular weight excluding hydrogens is 995 g/mol. The van der Waals surface area contributed by atoms with Gasteiger partial charge < -0.3 is 39.4 Å². The first-order valence-corrected chi connectivity index (χ1v) is 25.2. The molecule has 9 rings (SSSR count). The Kier molecular flexibility index (Phi) is 15.3. The van der Waals surface area contributed by atoms with Gasteiger partial charge in [0.25, 0.3) is 0 Å². The number of imide groups is 1. The molecule has 4 heterocycles. The van der Waals surface area contributed by atoms with Crippen LogP contribution in [-0.2, 0) is 53.1 Å². The highest BCUT2D eigenvalue weighted by atomic mass is 32.1. The van der Waals surface area contributed by atoms with E-state index >= 15 is 19.2 Å². The SMILES string of the molecule is COC(=O)C(CC#Cc1ccc2c(c1)[C@]1(C(=O)N2C(=O)N[C@H](C(=O)OC)C(C)C)[C@H](C(=O)Nc2nc3ccccc3s2)[C@H]2C(=O)O[C@H](c3ccccc3)[C@H](c3ccccc3)N2[C@@H]1c1cccc(OCCO)c1)C(=O)OC. The van der Waals surface area contributed by atoms with Crippen LogP contribution in [0.15, 0.2) is 127 Å². The zero-order valence-corrected chi connectivity index (χ0v) is 42.8. The van der Waals surface area contributed by atoms with Crippen molar-refractivity contribution < 1.29 is 62.4 Å². The van der Waals surface area contributed by atoms with Gasteiger partial charge in [-0.05, 0) is 70.6 Å². The fourth-order valence-corrected chi connectivity index (χ4v) is 11.5. The molecule has 3 aliphatic heterocycles. The molecule has 3 aliphatic rings. The van der Waals surface area contributed by atoms with Crippen LogP contribution in [0.3, 0.4) is 0 Å². The minimum Gasteiger partial charge on any atom is -0.491 e. The maximum atomic E-state index is 16.8. The lowest BCUT2D eigenvalue weighted by molar-refractivity contribution is -0.178. The summed E-state index contributed by atoms with van der Waals surface area (Å²) in [6, 6.07) is 30.7. The highest BCUT2D eigenvalue weighted by molar-refractivity contribution is 7.22. The number of hydrogen-bond acceptors (Lipinski definition) is 16. The topological polar surface area (TPSA) is 229 Å². The summed E-state index contributed by atoms with van der Waals surface area (Å²) in [6.45, 7) is 2.95. The van der Waals surface area contributed by atoms with E-state index in [0.29, 0.717) is 22.2 Å². The first kappa shape index (κ1) is 52.4. The van der Waals surface area contributed by atoms with Crippen LogP contribution >= 0.6 is 11.3 Å². The maximum absolute atomic E-state index is 16.8. The Morgan fingerprint density at radius 3 is 2.11 bits per heavy atom. The number of cyclic esters (lactones) is 1. The van der Waals surface area contributed by atoms with E-state index in [1.165, 1.54) is 30.6 Å². The Hall–Kier alpha value is -8.44. The number of aliphatic hydroxyl groups is 1. The van der Waals surface area contributed by atoms with E-state index in [1.54, 1.807) is 56.3 Å². The number of amides is 4. The molecule has 0 unspecified atom stereocenters. The summed E-state index contributed by atoms with van der Waals surface area (Å²) >= 11 is 1.18. The third-order valence-electron chi connectivity index (χ3n) is 13.9. The largest absolute Gasteiger partial charge is 0.491 e. The summed E-state index contributed by atoms with van der Waals surface area (Å²) in [7, 11) is 3.43. The highest BCUT2D eigenvalue weighted by Gasteiger charge is 2.76. The molecule has 5 aromatic carbocycles. The number of ether oxygens (including phenoxy) is 5. The van der Waals surface area contributed by atoms with Gasteiger partial charge in [0.05, 0.1) is 61.8 Å². The fraction of sp³-hybridized carbons (Fsp3) is 0.298. The standard InChI is InChI=1S/C57H53N5O13S/c1-32(2)44(52(67)73-5)59-56(70)61-41-27-26-33(16-14-23-38(50(65)71-3)51(66)72-4)30-39(41)57(54(61)69)43(49(64)60-55-58-40-24-12-13-25-42(40)76-55)46-53(68)75-47(35-19-10-7-11-20-35)45(34-17-8-6-9-18-34)62(46)48(57)36-21-15-22-37(31-36)74-29-28-63/h6-13,15,17-22,24-27,30-32,38,43-48,63H,23,28-29H2,1-5H3,(H,59,70)(H,58,60,64)/t43-,44-,45-,46-,47+,48+,57-/m0/s1. The number of fused-ring (bicyclic) bond motifs is 4. The number of anilines is 2. The smallest absolute Gasteiger partial charge is 0.329 e. The van der Waals surface area contributed by atoms with Crippen molar-refractivity contribution >= 4 is 74.1 Å². The average molecular weight is 1050 g/mol. The predicted molar refractivity (Wildman–Crippen MR) is 277 cm³/mol. The first-order chi connectivity index (χ1) is 36.8. The molecule has 7 atom stereocenters. The van der Waals surface area contributed by atoms with Crippen LogP contribution in [0, 0.1) is 29.6 Å². The van der Waals surface area contributed by atoms with Gasteiger partial charge in [-0.15, -0.1) is 0 Å². The number of urea groups is 1. The Morgan fingerprint density at radius 1 is 0.789 bits per heavy atom. The van der Waals surface area contributed by atoms with Crippen molar-refractivity contribution in [2.45, 2.75) is 56.0 Å². The number of carbonyl (C=O) groups excluding carboxylic acids is 7. The molecule has 0 bridgehead atoms. The quantitative estimate of drug-likeness (QED) is 0.0453. The molecule has 3 N–H and O–H groups in total. The molecule has 0 aliphatic carbocycles. The summed E-state index contributed by atoms with van der Waals surface area (Å²) in [6.07, 6.45) is -1.37. The predicted octanol–water partition coefficient (Wildman–Crippen LogP) is 6.58. The van der Waals surface area contributed by atoms with Crippen molar-refractivity contribution in [3.63, 3.8) is 0 Å². The monoisotopic (exact) mass is 1050 g/mol. The number of methoxy groups -OCH3 is 3. The van der Waals surface area contributed by atoms with E-state index in [2.05, 4.69) is 22.5 Å². The van der Waals surface area contributed by atoms with Crippen molar-refractivity contribution in [2.24, 2.45) is 17.8 Å². The average Bonchev–Trinajstić information content (AvgIpc) is 4.27. The minimum atomic E-state index is -2.29. The van der Waals surface area contributed by atoms with Crippen LogP contribution in [-0.4, -0.2) is 103 Å². The van der Waals surface area contributed by atoms with Crippen molar-refractivity contribution in [1.29, 1.82) is 0 Å². The number of nitrogens with zero attached hydrogens (tertiary/aromatic N) is 3. The number of benzene rings is 5. The van der Waals surface area contributed by atoms with Crippen LogP contribution in [0.1, 0.15) is 66.3 Å². The maximum Gasteiger partial charge on any atom is 0.329 e. The van der Waals surface area contributed by atoms with Gasteiger partial charge in [0.15, 0.2) is 11.0 Å². The number of aromatic nitrogens is 1. The van der Waals surface area contributed by atoms with Gasteiger partial charge in [-0.2, -0.15) is 0 Å². The lowest BCUT2D eigenvalue weighted by Crippen LogP contribution is -2.57. The second-order valence-corrected chi connectivity index (χ2v) is 19.6. The number of para-hydroxylation sites is 1. The van der Waals surface area contributed by atoms with Gasteiger partial charge in [0.2, 0.25) is 11.8 Å². The molecule has 0 saturated carbocycles. The van der Waals surface area contributed by atoms with Gasteiger partial charge >= 0.3 is 29.9 Å². The zero-order chi connectivity index (χ0) is 53.8. The first-order valence-electron chi connectivity index (χ1n) is 24.4. The lowest BCUT2D eigenvalue weighted by Gasteiger charge is -2.46. The summed E-state index contributed by atoms with van der Waals surface area (Å²) in [4.78, 5) is 110. The van der Waals surface area contributed by atoms with Crippen LogP contribution < -0.4 is 20.3 Å². The number of rotatable bonds is 14. The summed E-state index contributed by atoms with van der Waals surface area (Å²) in [5.41, 5.74) is 0.198. The number of nitrogens with one attached hydrogen (secondary N) is 2. The van der Waals surface area contributed by atoms with E-state index < -0.39 is 95.2 Å². The molecule has 76 heavy (non-hydrogen) atoms. The molecule has 19 heteroatoms. The summed E-state index contributed by atoms with van der Waals surface area (Å²) in [5, 5.41) is 15.7. The van der Waals surface area contributed by atoms with Crippen LogP contribution in [0.2, 0.25) is 0 Å². The number of hydrogen-bond donors (Lipinski definition) is 3. The number of esters is 4. The van der Waals surface area contributed by atoms with E-state index in [4.69, 9.17) is 28.7 Å². The van der Waals surface area contributed by atoms with Crippen molar-refractivity contribution in [3.05, 3.63) is 155 Å². The Bertz CT molecular complexity index is 3240. The van der Waals surface area contributed by atoms with Gasteiger partial charge in [-0.25, -0.2) is 19.5 Å². The molecule has 1 spiro atoms. The van der Waals surface area contributed by atoms with E-state index in [1.807, 2.05) is 77.7 Å². The molecule has 390 valence electrons.